The first-order valence-corrected chi connectivity index (χ1v) is 8.11. The third-order valence-corrected chi connectivity index (χ3v) is 4.56. The van der Waals surface area contributed by atoms with Crippen molar-refractivity contribution in [1.29, 1.82) is 0 Å². The van der Waals surface area contributed by atoms with Gasteiger partial charge in [0.2, 0.25) is 5.78 Å². The quantitative estimate of drug-likeness (QED) is 0.519. The number of carbonyl (C=O) groups is 1. The predicted octanol–water partition coefficient (Wildman–Crippen LogP) is 4.59. The number of nitrogens with zero attached hydrogens (tertiary/aromatic N) is 2. The molecule has 0 spiro atoms. The molecule has 4 aromatic rings. The lowest BCUT2D eigenvalue weighted by Crippen LogP contribution is -2.06. The summed E-state index contributed by atoms with van der Waals surface area (Å²) >= 11 is 1.42. The van der Waals surface area contributed by atoms with Gasteiger partial charge < -0.3 is 0 Å². The van der Waals surface area contributed by atoms with Gasteiger partial charge in [0, 0.05) is 16.3 Å². The van der Waals surface area contributed by atoms with Gasteiger partial charge in [0.1, 0.15) is 11.4 Å². The van der Waals surface area contributed by atoms with Gasteiger partial charge in [0.15, 0.2) is 0 Å². The summed E-state index contributed by atoms with van der Waals surface area (Å²) in [6.07, 6.45) is 0. The Bertz CT molecular complexity index is 979. The molecule has 0 aliphatic rings. The van der Waals surface area contributed by atoms with E-state index in [-0.39, 0.29) is 5.78 Å². The molecule has 0 aliphatic carbocycles. The fourth-order valence-electron chi connectivity index (χ4n) is 2.61. The minimum absolute atomic E-state index is 0.0803. The van der Waals surface area contributed by atoms with E-state index in [0.717, 1.165) is 22.0 Å². The molecule has 110 valence electrons. The molecule has 23 heavy (non-hydrogen) atoms. The molecule has 3 nitrogen and oxygen atoms in total. The van der Waals surface area contributed by atoms with E-state index in [4.69, 9.17) is 0 Å². The molecule has 0 saturated heterocycles. The minimum Gasteiger partial charge on any atom is -0.286 e. The van der Waals surface area contributed by atoms with Gasteiger partial charge in [-0.3, -0.25) is 4.79 Å². The second-order valence-electron chi connectivity index (χ2n) is 5.12. The largest absolute Gasteiger partial charge is 0.286 e. The van der Waals surface area contributed by atoms with Crippen molar-refractivity contribution in [2.45, 2.75) is 0 Å². The molecule has 0 aliphatic heterocycles. The van der Waals surface area contributed by atoms with Crippen molar-refractivity contribution in [3.8, 4) is 11.3 Å². The number of hydrogen-bond acceptors (Lipinski definition) is 4. The number of fused-ring (bicyclic) bond motifs is 1. The third-order valence-electron chi connectivity index (χ3n) is 3.69. The highest BCUT2D eigenvalue weighted by molar-refractivity contribution is 7.12. The van der Waals surface area contributed by atoms with Gasteiger partial charge in [-0.2, -0.15) is 0 Å². The first-order chi connectivity index (χ1) is 11.3. The van der Waals surface area contributed by atoms with Crippen molar-refractivity contribution in [3.05, 3.63) is 82.7 Å². The second kappa shape index (κ2) is 5.74. The monoisotopic (exact) mass is 316 g/mol. The van der Waals surface area contributed by atoms with Crippen molar-refractivity contribution in [1.82, 2.24) is 10.2 Å². The van der Waals surface area contributed by atoms with Crippen molar-refractivity contribution in [3.63, 3.8) is 0 Å². The average Bonchev–Trinajstić information content (AvgIpc) is 3.15. The normalized spacial score (nSPS) is 10.8. The molecule has 4 rings (SSSR count). The van der Waals surface area contributed by atoms with E-state index >= 15 is 0 Å². The third kappa shape index (κ3) is 2.43. The molecule has 2 heterocycles. The van der Waals surface area contributed by atoms with E-state index in [0.29, 0.717) is 10.6 Å². The summed E-state index contributed by atoms with van der Waals surface area (Å²) in [6.45, 7) is 0. The SMILES string of the molecule is O=C(c1cccs1)c1nnc(-c2ccccc2)c2ccccc12. The summed E-state index contributed by atoms with van der Waals surface area (Å²) in [7, 11) is 0. The molecule has 4 heteroatoms. The van der Waals surface area contributed by atoms with E-state index in [2.05, 4.69) is 10.2 Å². The van der Waals surface area contributed by atoms with Crippen LogP contribution in [-0.4, -0.2) is 16.0 Å². The van der Waals surface area contributed by atoms with E-state index in [1.807, 2.05) is 72.1 Å². The highest BCUT2D eigenvalue weighted by Crippen LogP contribution is 2.28. The lowest BCUT2D eigenvalue weighted by molar-refractivity contribution is 0.103. The zero-order valence-corrected chi connectivity index (χ0v) is 13.0. The highest BCUT2D eigenvalue weighted by Gasteiger charge is 2.18. The van der Waals surface area contributed by atoms with Crippen LogP contribution in [0.5, 0.6) is 0 Å². The Hall–Kier alpha value is -2.85. The zero-order chi connectivity index (χ0) is 15.6. The maximum absolute atomic E-state index is 12.7. The molecule has 0 N–H and O–H groups in total. The summed E-state index contributed by atoms with van der Waals surface area (Å²) in [5, 5.41) is 12.2. The summed E-state index contributed by atoms with van der Waals surface area (Å²) in [5.41, 5.74) is 2.19. The molecule has 0 amide bonds. The summed E-state index contributed by atoms with van der Waals surface area (Å²) in [6, 6.07) is 21.4. The maximum atomic E-state index is 12.7. The van der Waals surface area contributed by atoms with E-state index in [1.165, 1.54) is 11.3 Å². The van der Waals surface area contributed by atoms with Crippen LogP contribution in [0.2, 0.25) is 0 Å². The smallest absolute Gasteiger partial charge is 0.223 e. The molecular weight excluding hydrogens is 304 g/mol. The Morgan fingerprint density at radius 3 is 2.26 bits per heavy atom. The summed E-state index contributed by atoms with van der Waals surface area (Å²) in [5.74, 6) is -0.0803. The van der Waals surface area contributed by atoms with Crippen LogP contribution in [0.1, 0.15) is 15.4 Å². The average molecular weight is 316 g/mol. The molecular formula is C19H12N2OS. The number of carbonyl (C=O) groups excluding carboxylic acids is 1. The van der Waals surface area contributed by atoms with Crippen molar-refractivity contribution in [2.24, 2.45) is 0 Å². The summed E-state index contributed by atoms with van der Waals surface area (Å²) < 4.78 is 0. The van der Waals surface area contributed by atoms with E-state index in [1.54, 1.807) is 0 Å². The van der Waals surface area contributed by atoms with Gasteiger partial charge >= 0.3 is 0 Å². The van der Waals surface area contributed by atoms with Crippen molar-refractivity contribution in [2.75, 3.05) is 0 Å². The van der Waals surface area contributed by atoms with Crippen LogP contribution in [0.25, 0.3) is 22.0 Å². The Morgan fingerprint density at radius 2 is 1.52 bits per heavy atom. The van der Waals surface area contributed by atoms with Crippen molar-refractivity contribution >= 4 is 27.9 Å². The minimum atomic E-state index is -0.0803. The van der Waals surface area contributed by atoms with Gasteiger partial charge in [-0.05, 0) is 11.4 Å². The van der Waals surface area contributed by atoms with Gasteiger partial charge in [-0.1, -0.05) is 60.7 Å². The number of thiophene rings is 1. The van der Waals surface area contributed by atoms with Crippen LogP contribution in [0.4, 0.5) is 0 Å². The molecule has 0 radical (unpaired) electrons. The first kappa shape index (κ1) is 13.8. The van der Waals surface area contributed by atoms with Gasteiger partial charge in [-0.25, -0.2) is 0 Å². The van der Waals surface area contributed by atoms with Gasteiger partial charge in [-0.15, -0.1) is 21.5 Å². The molecule has 0 bridgehead atoms. The molecule has 2 aromatic heterocycles. The second-order valence-corrected chi connectivity index (χ2v) is 6.06. The first-order valence-electron chi connectivity index (χ1n) is 7.23. The lowest BCUT2D eigenvalue weighted by Gasteiger charge is -2.08. The Kier molecular flexibility index (Phi) is 3.44. The standard InChI is InChI=1S/C19H12N2OS/c22-19(16-11-6-12-23-16)18-15-10-5-4-9-14(15)17(20-21-18)13-7-2-1-3-8-13/h1-12H. The molecule has 0 fully saturated rings. The Balaban J connectivity index is 1.95. The number of rotatable bonds is 3. The van der Waals surface area contributed by atoms with Crippen LogP contribution < -0.4 is 0 Å². The Morgan fingerprint density at radius 1 is 0.783 bits per heavy atom. The number of aromatic nitrogens is 2. The number of ketones is 1. The van der Waals surface area contributed by atoms with Crippen LogP contribution in [-0.2, 0) is 0 Å². The molecule has 0 atom stereocenters. The van der Waals surface area contributed by atoms with Crippen LogP contribution in [0.3, 0.4) is 0 Å². The topological polar surface area (TPSA) is 42.9 Å². The molecule has 2 aromatic carbocycles. The number of hydrogen-bond donors (Lipinski definition) is 0. The lowest BCUT2D eigenvalue weighted by atomic mass is 10.0. The fourth-order valence-corrected chi connectivity index (χ4v) is 3.27. The van der Waals surface area contributed by atoms with E-state index in [9.17, 15) is 4.79 Å². The van der Waals surface area contributed by atoms with Gasteiger partial charge in [0.25, 0.3) is 0 Å². The van der Waals surface area contributed by atoms with E-state index < -0.39 is 0 Å². The van der Waals surface area contributed by atoms with Crippen LogP contribution in [0.15, 0.2) is 72.1 Å². The van der Waals surface area contributed by atoms with Crippen LogP contribution in [0, 0.1) is 0 Å². The summed E-state index contributed by atoms with van der Waals surface area (Å²) in [4.78, 5) is 13.4. The zero-order valence-electron chi connectivity index (χ0n) is 12.1. The molecule has 0 unspecified atom stereocenters. The number of benzene rings is 2. The van der Waals surface area contributed by atoms with Crippen LogP contribution >= 0.6 is 11.3 Å². The maximum Gasteiger partial charge on any atom is 0.223 e. The Labute approximate surface area is 137 Å². The highest BCUT2D eigenvalue weighted by atomic mass is 32.1. The van der Waals surface area contributed by atoms with Crippen molar-refractivity contribution < 1.29 is 4.79 Å². The fraction of sp³-hybridized carbons (Fsp3) is 0. The molecule has 0 saturated carbocycles. The van der Waals surface area contributed by atoms with Gasteiger partial charge in [0.05, 0.1) is 4.88 Å². The predicted molar refractivity (Wildman–Crippen MR) is 92.7 cm³/mol.